The lowest BCUT2D eigenvalue weighted by atomic mass is 10.2. The number of aromatic nitrogens is 2. The second kappa shape index (κ2) is 6.15. The van der Waals surface area contributed by atoms with Gasteiger partial charge in [0, 0.05) is 21.6 Å². The Bertz CT molecular complexity index is 773. The van der Waals surface area contributed by atoms with Crippen LogP contribution in [0.15, 0.2) is 59.1 Å². The summed E-state index contributed by atoms with van der Waals surface area (Å²) < 4.78 is 5.01. The standard InChI is InChI=1S/C15H10BrN3OS/c16-12-9-5-4-8-11(12)14(20)18-15-17-13(19-21-15)10-6-2-1-3-7-10/h1-9H,(H,17,18,19,20). The first kappa shape index (κ1) is 13.9. The van der Waals surface area contributed by atoms with Gasteiger partial charge < -0.3 is 0 Å². The Kier molecular flexibility index (Phi) is 4.08. The van der Waals surface area contributed by atoms with Crippen molar-refractivity contribution in [1.82, 2.24) is 9.36 Å². The lowest BCUT2D eigenvalue weighted by molar-refractivity contribution is 0.102. The molecule has 1 amide bonds. The van der Waals surface area contributed by atoms with Gasteiger partial charge in [0.05, 0.1) is 5.56 Å². The van der Waals surface area contributed by atoms with E-state index in [0.717, 1.165) is 21.6 Å². The van der Waals surface area contributed by atoms with Crippen LogP contribution in [0, 0.1) is 0 Å². The molecule has 3 aromatic rings. The molecule has 0 aliphatic heterocycles. The molecule has 0 aliphatic rings. The Hall–Kier alpha value is -2.05. The van der Waals surface area contributed by atoms with Gasteiger partial charge in [0.1, 0.15) is 0 Å². The zero-order valence-electron chi connectivity index (χ0n) is 10.8. The first-order valence-electron chi connectivity index (χ1n) is 6.19. The molecule has 0 saturated heterocycles. The van der Waals surface area contributed by atoms with Crippen molar-refractivity contribution in [2.75, 3.05) is 5.32 Å². The zero-order valence-corrected chi connectivity index (χ0v) is 13.2. The van der Waals surface area contributed by atoms with E-state index in [0.29, 0.717) is 16.5 Å². The third kappa shape index (κ3) is 3.17. The summed E-state index contributed by atoms with van der Waals surface area (Å²) >= 11 is 4.52. The monoisotopic (exact) mass is 359 g/mol. The summed E-state index contributed by atoms with van der Waals surface area (Å²) in [4.78, 5) is 16.5. The number of hydrogen-bond donors (Lipinski definition) is 1. The smallest absolute Gasteiger partial charge is 0.258 e. The number of amides is 1. The molecule has 1 aromatic heterocycles. The second-order valence-electron chi connectivity index (χ2n) is 4.22. The van der Waals surface area contributed by atoms with Crippen LogP contribution in [0.2, 0.25) is 0 Å². The Morgan fingerprint density at radius 2 is 1.76 bits per heavy atom. The van der Waals surface area contributed by atoms with Crippen molar-refractivity contribution < 1.29 is 4.79 Å². The van der Waals surface area contributed by atoms with Crippen molar-refractivity contribution in [2.45, 2.75) is 0 Å². The maximum Gasteiger partial charge on any atom is 0.258 e. The van der Waals surface area contributed by atoms with E-state index < -0.39 is 0 Å². The summed E-state index contributed by atoms with van der Waals surface area (Å²) in [5.41, 5.74) is 1.49. The highest BCUT2D eigenvalue weighted by molar-refractivity contribution is 9.10. The Labute approximate surface area is 134 Å². The first-order chi connectivity index (χ1) is 10.2. The van der Waals surface area contributed by atoms with E-state index >= 15 is 0 Å². The van der Waals surface area contributed by atoms with Gasteiger partial charge in [-0.3, -0.25) is 10.1 Å². The molecule has 0 aliphatic carbocycles. The Balaban J connectivity index is 1.79. The van der Waals surface area contributed by atoms with E-state index in [1.54, 1.807) is 6.07 Å². The van der Waals surface area contributed by atoms with Gasteiger partial charge in [-0.05, 0) is 28.1 Å². The maximum absolute atomic E-state index is 12.2. The molecule has 0 radical (unpaired) electrons. The van der Waals surface area contributed by atoms with Gasteiger partial charge in [0.2, 0.25) is 5.13 Å². The number of rotatable bonds is 3. The van der Waals surface area contributed by atoms with Crippen molar-refractivity contribution in [3.63, 3.8) is 0 Å². The number of nitrogens with one attached hydrogen (secondary N) is 1. The highest BCUT2D eigenvalue weighted by Gasteiger charge is 2.12. The molecule has 6 heteroatoms. The van der Waals surface area contributed by atoms with Crippen molar-refractivity contribution in [3.8, 4) is 11.4 Å². The third-order valence-electron chi connectivity index (χ3n) is 2.80. The van der Waals surface area contributed by atoms with Crippen LogP contribution in [-0.2, 0) is 0 Å². The first-order valence-corrected chi connectivity index (χ1v) is 7.76. The van der Waals surface area contributed by atoms with E-state index in [1.165, 1.54) is 0 Å². The molecular weight excluding hydrogens is 350 g/mol. The Morgan fingerprint density at radius 1 is 1.05 bits per heavy atom. The molecule has 3 rings (SSSR count). The minimum atomic E-state index is -0.210. The van der Waals surface area contributed by atoms with Crippen LogP contribution in [0.3, 0.4) is 0 Å². The fourth-order valence-corrected chi connectivity index (χ4v) is 2.84. The molecule has 0 bridgehead atoms. The molecule has 104 valence electrons. The van der Waals surface area contributed by atoms with Gasteiger partial charge in [-0.15, -0.1) is 0 Å². The number of carbonyl (C=O) groups is 1. The molecule has 2 aromatic carbocycles. The quantitative estimate of drug-likeness (QED) is 0.761. The SMILES string of the molecule is O=C(Nc1nc(-c2ccccc2)ns1)c1ccccc1Br. The fourth-order valence-electron chi connectivity index (χ4n) is 1.79. The molecule has 0 spiro atoms. The maximum atomic E-state index is 12.2. The highest BCUT2D eigenvalue weighted by Crippen LogP contribution is 2.22. The van der Waals surface area contributed by atoms with Gasteiger partial charge in [-0.2, -0.15) is 9.36 Å². The van der Waals surface area contributed by atoms with Crippen molar-refractivity contribution in [3.05, 3.63) is 64.6 Å². The van der Waals surface area contributed by atoms with Crippen molar-refractivity contribution >= 4 is 38.5 Å². The van der Waals surface area contributed by atoms with E-state index in [1.807, 2.05) is 48.5 Å². The summed E-state index contributed by atoms with van der Waals surface area (Å²) in [6, 6.07) is 16.9. The number of nitrogens with zero attached hydrogens (tertiary/aromatic N) is 2. The zero-order chi connectivity index (χ0) is 14.7. The molecule has 0 saturated carbocycles. The number of carbonyl (C=O) groups excluding carboxylic acids is 1. The molecule has 0 atom stereocenters. The van der Waals surface area contributed by atoms with Crippen LogP contribution in [0.5, 0.6) is 0 Å². The highest BCUT2D eigenvalue weighted by atomic mass is 79.9. The van der Waals surface area contributed by atoms with Crippen LogP contribution < -0.4 is 5.32 Å². The second-order valence-corrected chi connectivity index (χ2v) is 5.83. The molecule has 1 heterocycles. The summed E-state index contributed by atoms with van der Waals surface area (Å²) in [6.07, 6.45) is 0. The summed E-state index contributed by atoms with van der Waals surface area (Å²) in [7, 11) is 0. The van der Waals surface area contributed by atoms with Gasteiger partial charge in [-0.1, -0.05) is 42.5 Å². The molecule has 21 heavy (non-hydrogen) atoms. The van der Waals surface area contributed by atoms with E-state index in [4.69, 9.17) is 0 Å². The summed E-state index contributed by atoms with van der Waals surface area (Å²) in [6.45, 7) is 0. The van der Waals surface area contributed by atoms with Crippen LogP contribution in [0.4, 0.5) is 5.13 Å². The minimum Gasteiger partial charge on any atom is -0.297 e. The summed E-state index contributed by atoms with van der Waals surface area (Å²) in [5, 5.41) is 3.25. The topological polar surface area (TPSA) is 54.9 Å². The summed E-state index contributed by atoms with van der Waals surface area (Å²) in [5.74, 6) is 0.404. The number of halogens is 1. The minimum absolute atomic E-state index is 0.210. The predicted octanol–water partition coefficient (Wildman–Crippen LogP) is 4.22. The van der Waals surface area contributed by atoms with Gasteiger partial charge in [0.15, 0.2) is 5.82 Å². The van der Waals surface area contributed by atoms with Gasteiger partial charge >= 0.3 is 0 Å². The normalized spacial score (nSPS) is 10.3. The van der Waals surface area contributed by atoms with E-state index in [2.05, 4.69) is 30.6 Å². The van der Waals surface area contributed by atoms with E-state index in [-0.39, 0.29) is 5.91 Å². The molecule has 0 fully saturated rings. The predicted molar refractivity (Wildman–Crippen MR) is 87.4 cm³/mol. The molecular formula is C15H10BrN3OS. The molecule has 0 unspecified atom stereocenters. The van der Waals surface area contributed by atoms with Crippen LogP contribution in [-0.4, -0.2) is 15.3 Å². The number of benzene rings is 2. The van der Waals surface area contributed by atoms with Crippen LogP contribution in [0.25, 0.3) is 11.4 Å². The van der Waals surface area contributed by atoms with Crippen LogP contribution in [0.1, 0.15) is 10.4 Å². The number of anilines is 1. The van der Waals surface area contributed by atoms with Crippen molar-refractivity contribution in [1.29, 1.82) is 0 Å². The van der Waals surface area contributed by atoms with E-state index in [9.17, 15) is 4.79 Å². The average molecular weight is 360 g/mol. The number of hydrogen-bond acceptors (Lipinski definition) is 4. The van der Waals surface area contributed by atoms with Gasteiger partial charge in [0.25, 0.3) is 5.91 Å². The fraction of sp³-hybridized carbons (Fsp3) is 0. The molecule has 4 nitrogen and oxygen atoms in total. The molecule has 1 N–H and O–H groups in total. The Morgan fingerprint density at radius 3 is 2.52 bits per heavy atom. The van der Waals surface area contributed by atoms with Crippen molar-refractivity contribution in [2.24, 2.45) is 0 Å². The average Bonchev–Trinajstić information content (AvgIpc) is 2.97. The van der Waals surface area contributed by atoms with Gasteiger partial charge in [-0.25, -0.2) is 0 Å². The lowest BCUT2D eigenvalue weighted by Gasteiger charge is -2.02. The third-order valence-corrected chi connectivity index (χ3v) is 4.12. The van der Waals surface area contributed by atoms with Crippen LogP contribution >= 0.6 is 27.5 Å². The largest absolute Gasteiger partial charge is 0.297 e. The lowest BCUT2D eigenvalue weighted by Crippen LogP contribution is -2.12.